The molecule has 24 heavy (non-hydrogen) atoms. The molecule has 130 valence electrons. The number of carboxylic acid groups (broad SMARTS) is 1. The van der Waals surface area contributed by atoms with Crippen molar-refractivity contribution >= 4 is 23.5 Å². The van der Waals surface area contributed by atoms with E-state index in [4.69, 9.17) is 11.6 Å². The van der Waals surface area contributed by atoms with Gasteiger partial charge in [-0.25, -0.2) is 0 Å². The third kappa shape index (κ3) is 3.92. The molecule has 1 saturated heterocycles. The van der Waals surface area contributed by atoms with Gasteiger partial charge in [0.15, 0.2) is 0 Å². The van der Waals surface area contributed by atoms with Crippen molar-refractivity contribution in [2.24, 2.45) is 11.8 Å². The Labute approximate surface area is 147 Å². The van der Waals surface area contributed by atoms with E-state index in [1.54, 1.807) is 17.0 Å². The molecule has 5 heteroatoms. The lowest BCUT2D eigenvalue weighted by molar-refractivity contribution is -0.141. The van der Waals surface area contributed by atoms with E-state index >= 15 is 0 Å². The summed E-state index contributed by atoms with van der Waals surface area (Å²) in [7, 11) is 0. The molecular weight excluding hydrogens is 326 g/mol. The number of carbonyl (C=O) groups excluding carboxylic acids is 1. The maximum atomic E-state index is 12.5. The monoisotopic (exact) mass is 349 g/mol. The van der Waals surface area contributed by atoms with Gasteiger partial charge in [0, 0.05) is 30.5 Å². The van der Waals surface area contributed by atoms with Crippen molar-refractivity contribution in [1.29, 1.82) is 0 Å². The van der Waals surface area contributed by atoms with Gasteiger partial charge in [0.1, 0.15) is 0 Å². The summed E-state index contributed by atoms with van der Waals surface area (Å²) >= 11 is 5.92. The Balaban J connectivity index is 1.64. The lowest BCUT2D eigenvalue weighted by Gasteiger charge is -2.18. The van der Waals surface area contributed by atoms with E-state index in [1.807, 2.05) is 12.1 Å². The van der Waals surface area contributed by atoms with Gasteiger partial charge in [-0.15, -0.1) is 0 Å². The number of carboxylic acids is 1. The van der Waals surface area contributed by atoms with Crippen LogP contribution < -0.4 is 0 Å². The number of likely N-dealkylation sites (tertiary alicyclic amines) is 1. The number of carbonyl (C=O) groups is 2. The van der Waals surface area contributed by atoms with E-state index in [-0.39, 0.29) is 11.8 Å². The van der Waals surface area contributed by atoms with Gasteiger partial charge in [0.25, 0.3) is 0 Å². The number of rotatable bonds is 5. The van der Waals surface area contributed by atoms with Crippen molar-refractivity contribution in [2.45, 2.75) is 44.4 Å². The van der Waals surface area contributed by atoms with Crippen molar-refractivity contribution in [2.75, 3.05) is 13.1 Å². The van der Waals surface area contributed by atoms with Crippen LogP contribution in [0.1, 0.15) is 50.0 Å². The Kier molecular flexibility index (Phi) is 5.44. The first-order valence-corrected chi connectivity index (χ1v) is 9.18. The van der Waals surface area contributed by atoms with Crippen LogP contribution in [0.5, 0.6) is 0 Å². The molecule has 2 fully saturated rings. The topological polar surface area (TPSA) is 57.6 Å². The SMILES string of the molecule is O=C(O)[C@@H]1CN(C(=O)CCC2CCCC2)C[C@H]1c1ccc(Cl)cc1. The fourth-order valence-corrected chi connectivity index (χ4v) is 4.22. The number of nitrogens with zero attached hydrogens (tertiary/aromatic N) is 1. The maximum absolute atomic E-state index is 12.5. The molecule has 0 unspecified atom stereocenters. The van der Waals surface area contributed by atoms with Crippen LogP contribution in [0.3, 0.4) is 0 Å². The van der Waals surface area contributed by atoms with E-state index in [9.17, 15) is 14.7 Å². The molecule has 1 N–H and O–H groups in total. The van der Waals surface area contributed by atoms with Crippen LogP contribution in [0.25, 0.3) is 0 Å². The highest BCUT2D eigenvalue weighted by atomic mass is 35.5. The Bertz CT molecular complexity index is 595. The standard InChI is InChI=1S/C19H24ClNO3/c20-15-8-6-14(7-9-15)16-11-21(12-17(16)19(23)24)18(22)10-5-13-3-1-2-4-13/h6-9,13,16-17H,1-5,10-12H2,(H,23,24)/t16-,17+/m0/s1. The van der Waals surface area contributed by atoms with Crippen molar-refractivity contribution in [3.8, 4) is 0 Å². The highest BCUT2D eigenvalue weighted by molar-refractivity contribution is 6.30. The molecule has 2 atom stereocenters. The summed E-state index contributed by atoms with van der Waals surface area (Å²) in [5.74, 6) is -0.749. The Morgan fingerprint density at radius 3 is 2.42 bits per heavy atom. The second-order valence-electron chi connectivity index (χ2n) is 7.09. The number of halogens is 1. The van der Waals surface area contributed by atoms with Crippen LogP contribution in [0, 0.1) is 11.8 Å². The second-order valence-corrected chi connectivity index (χ2v) is 7.53. The number of amides is 1. The molecule has 3 rings (SSSR count). The smallest absolute Gasteiger partial charge is 0.308 e. The average molecular weight is 350 g/mol. The minimum absolute atomic E-state index is 0.101. The highest BCUT2D eigenvalue weighted by Crippen LogP contribution is 2.35. The summed E-state index contributed by atoms with van der Waals surface area (Å²) in [6, 6.07) is 7.30. The Hall–Kier alpha value is -1.55. The summed E-state index contributed by atoms with van der Waals surface area (Å²) < 4.78 is 0. The van der Waals surface area contributed by atoms with Gasteiger partial charge in [-0.05, 0) is 30.0 Å². The zero-order valence-corrected chi connectivity index (χ0v) is 14.5. The minimum Gasteiger partial charge on any atom is -0.481 e. The van der Waals surface area contributed by atoms with Gasteiger partial charge in [0.05, 0.1) is 5.92 Å². The predicted molar refractivity (Wildman–Crippen MR) is 93.1 cm³/mol. The van der Waals surface area contributed by atoms with E-state index in [0.717, 1.165) is 12.0 Å². The van der Waals surface area contributed by atoms with Gasteiger partial charge < -0.3 is 10.0 Å². The normalized spacial score (nSPS) is 24.5. The van der Waals surface area contributed by atoms with Crippen molar-refractivity contribution in [3.05, 3.63) is 34.9 Å². The van der Waals surface area contributed by atoms with Crippen LogP contribution in [0.15, 0.2) is 24.3 Å². The van der Waals surface area contributed by atoms with Crippen LogP contribution in [0.4, 0.5) is 0 Å². The molecule has 1 aromatic carbocycles. The third-order valence-electron chi connectivity index (χ3n) is 5.53. The zero-order chi connectivity index (χ0) is 17.1. The molecule has 1 aromatic rings. The summed E-state index contributed by atoms with van der Waals surface area (Å²) in [4.78, 5) is 25.9. The van der Waals surface area contributed by atoms with Crippen LogP contribution in [-0.4, -0.2) is 35.0 Å². The number of aliphatic carboxylic acids is 1. The second kappa shape index (κ2) is 7.56. The fraction of sp³-hybridized carbons (Fsp3) is 0.579. The molecule has 1 aliphatic carbocycles. The highest BCUT2D eigenvalue weighted by Gasteiger charge is 2.40. The van der Waals surface area contributed by atoms with Gasteiger partial charge in [-0.3, -0.25) is 9.59 Å². The van der Waals surface area contributed by atoms with E-state index in [2.05, 4.69) is 0 Å². The average Bonchev–Trinajstić information content (AvgIpc) is 3.23. The minimum atomic E-state index is -0.832. The van der Waals surface area contributed by atoms with Gasteiger partial charge in [-0.1, -0.05) is 49.4 Å². The molecule has 1 amide bonds. The quantitative estimate of drug-likeness (QED) is 0.876. The lowest BCUT2D eigenvalue weighted by Crippen LogP contribution is -2.30. The first-order chi connectivity index (χ1) is 11.5. The van der Waals surface area contributed by atoms with Crippen molar-refractivity contribution in [3.63, 3.8) is 0 Å². The van der Waals surface area contributed by atoms with Crippen molar-refractivity contribution in [1.82, 2.24) is 4.90 Å². The molecule has 4 nitrogen and oxygen atoms in total. The fourth-order valence-electron chi connectivity index (χ4n) is 4.09. The van der Waals surface area contributed by atoms with Gasteiger partial charge in [0.2, 0.25) is 5.91 Å². The molecule has 0 aromatic heterocycles. The van der Waals surface area contributed by atoms with Crippen molar-refractivity contribution < 1.29 is 14.7 Å². The largest absolute Gasteiger partial charge is 0.481 e. The number of hydrogen-bond acceptors (Lipinski definition) is 2. The van der Waals surface area contributed by atoms with E-state index < -0.39 is 11.9 Å². The number of hydrogen-bond donors (Lipinski definition) is 1. The summed E-state index contributed by atoms with van der Waals surface area (Å²) in [6.45, 7) is 0.800. The molecule has 2 aliphatic rings. The molecule has 0 spiro atoms. The molecule has 1 heterocycles. The van der Waals surface area contributed by atoms with E-state index in [0.29, 0.717) is 30.5 Å². The molecule has 1 saturated carbocycles. The molecule has 0 radical (unpaired) electrons. The van der Waals surface area contributed by atoms with Crippen LogP contribution in [-0.2, 0) is 9.59 Å². The number of benzene rings is 1. The maximum Gasteiger partial charge on any atom is 0.308 e. The Morgan fingerprint density at radius 1 is 1.12 bits per heavy atom. The zero-order valence-electron chi connectivity index (χ0n) is 13.8. The summed E-state index contributed by atoms with van der Waals surface area (Å²) in [5.41, 5.74) is 0.942. The molecule has 0 bridgehead atoms. The molecule has 1 aliphatic heterocycles. The lowest BCUT2D eigenvalue weighted by atomic mass is 9.89. The first kappa shape index (κ1) is 17.3. The van der Waals surface area contributed by atoms with Crippen LogP contribution >= 0.6 is 11.6 Å². The first-order valence-electron chi connectivity index (χ1n) is 8.80. The summed E-state index contributed by atoms with van der Waals surface area (Å²) in [5, 5.41) is 10.2. The Morgan fingerprint density at radius 2 is 1.79 bits per heavy atom. The predicted octanol–water partition coefficient (Wildman–Crippen LogP) is 3.94. The molecular formula is C19H24ClNO3. The summed E-state index contributed by atoms with van der Waals surface area (Å²) in [6.07, 6.45) is 6.52. The third-order valence-corrected chi connectivity index (χ3v) is 5.78. The van der Waals surface area contributed by atoms with E-state index in [1.165, 1.54) is 25.7 Å². The van der Waals surface area contributed by atoms with Crippen LogP contribution in [0.2, 0.25) is 5.02 Å². The van der Waals surface area contributed by atoms with Gasteiger partial charge >= 0.3 is 5.97 Å². The van der Waals surface area contributed by atoms with Gasteiger partial charge in [-0.2, -0.15) is 0 Å².